The van der Waals surface area contributed by atoms with Crippen LogP contribution in [0.5, 0.6) is 0 Å². The second kappa shape index (κ2) is 6.34. The number of hydrogen-bond acceptors (Lipinski definition) is 4. The van der Waals surface area contributed by atoms with Crippen LogP contribution in [0.15, 0.2) is 0 Å². The number of carbonyl (C=O) groups is 2. The molecule has 0 aromatic rings. The third-order valence-electron chi connectivity index (χ3n) is 5.47. The van der Waals surface area contributed by atoms with Gasteiger partial charge in [0.2, 0.25) is 5.91 Å². The Morgan fingerprint density at radius 1 is 1.10 bits per heavy atom. The molecule has 5 nitrogen and oxygen atoms in total. The van der Waals surface area contributed by atoms with E-state index in [1.165, 1.54) is 20.0 Å². The topological polar surface area (TPSA) is 64.6 Å². The number of hydrogen-bond donors (Lipinski definition) is 1. The first-order valence-corrected chi connectivity index (χ1v) is 8.18. The molecule has 0 heterocycles. The Labute approximate surface area is 125 Å². The van der Waals surface area contributed by atoms with E-state index < -0.39 is 0 Å². The minimum Gasteiger partial charge on any atom is -0.469 e. The summed E-state index contributed by atoms with van der Waals surface area (Å²) in [4.78, 5) is 24.1. The van der Waals surface area contributed by atoms with E-state index in [0.717, 1.165) is 32.1 Å². The molecule has 3 aliphatic rings. The van der Waals surface area contributed by atoms with E-state index >= 15 is 0 Å². The standard InChI is InChI=1S/C16H25NO4/c1-20-16(19)14-10-6-7-11(8-10)15(14)17-13(18)9-21-12-4-2-3-5-12/h10-12,14-15H,2-9H2,1H3,(H,17,18)/t10-,11-,14+,15+/m0/s1. The smallest absolute Gasteiger partial charge is 0.311 e. The highest BCUT2D eigenvalue weighted by Crippen LogP contribution is 2.48. The average Bonchev–Trinajstić information content (AvgIpc) is 3.21. The van der Waals surface area contributed by atoms with E-state index in [4.69, 9.17) is 9.47 Å². The van der Waals surface area contributed by atoms with Gasteiger partial charge in [0, 0.05) is 6.04 Å². The molecule has 3 saturated carbocycles. The van der Waals surface area contributed by atoms with Gasteiger partial charge < -0.3 is 14.8 Å². The molecule has 4 atom stereocenters. The number of rotatable bonds is 5. The van der Waals surface area contributed by atoms with Gasteiger partial charge in [-0.05, 0) is 43.9 Å². The highest BCUT2D eigenvalue weighted by molar-refractivity contribution is 5.80. The zero-order valence-electron chi connectivity index (χ0n) is 12.7. The van der Waals surface area contributed by atoms with Crippen molar-refractivity contribution in [1.82, 2.24) is 5.32 Å². The van der Waals surface area contributed by atoms with Crippen molar-refractivity contribution in [3.05, 3.63) is 0 Å². The fraction of sp³-hybridized carbons (Fsp3) is 0.875. The van der Waals surface area contributed by atoms with E-state index in [0.29, 0.717) is 11.8 Å². The van der Waals surface area contributed by atoms with Gasteiger partial charge in [-0.2, -0.15) is 0 Å². The van der Waals surface area contributed by atoms with Gasteiger partial charge in [-0.25, -0.2) is 0 Å². The Kier molecular flexibility index (Phi) is 4.48. The van der Waals surface area contributed by atoms with Crippen molar-refractivity contribution < 1.29 is 19.1 Å². The molecule has 3 aliphatic carbocycles. The minimum atomic E-state index is -0.177. The Morgan fingerprint density at radius 3 is 2.52 bits per heavy atom. The maximum atomic E-state index is 12.1. The normalized spacial score (nSPS) is 35.1. The van der Waals surface area contributed by atoms with Crippen LogP contribution < -0.4 is 5.32 Å². The van der Waals surface area contributed by atoms with Crippen LogP contribution in [0.3, 0.4) is 0 Å². The van der Waals surface area contributed by atoms with Gasteiger partial charge in [-0.15, -0.1) is 0 Å². The third kappa shape index (κ3) is 3.07. The SMILES string of the molecule is COC(=O)[C@@H]1[C@H]2CC[C@@H](C2)[C@H]1NC(=O)COC1CCCC1. The molecule has 2 bridgehead atoms. The quantitative estimate of drug-likeness (QED) is 0.783. The lowest BCUT2D eigenvalue weighted by atomic mass is 9.84. The third-order valence-corrected chi connectivity index (χ3v) is 5.47. The lowest BCUT2D eigenvalue weighted by Crippen LogP contribution is -2.48. The van der Waals surface area contributed by atoms with Crippen molar-refractivity contribution in [2.24, 2.45) is 17.8 Å². The van der Waals surface area contributed by atoms with Crippen molar-refractivity contribution in [3.8, 4) is 0 Å². The highest BCUT2D eigenvalue weighted by atomic mass is 16.5. The van der Waals surface area contributed by atoms with Crippen molar-refractivity contribution in [1.29, 1.82) is 0 Å². The summed E-state index contributed by atoms with van der Waals surface area (Å²) < 4.78 is 10.6. The van der Waals surface area contributed by atoms with E-state index in [2.05, 4.69) is 5.32 Å². The summed E-state index contributed by atoms with van der Waals surface area (Å²) in [5.41, 5.74) is 0. The van der Waals surface area contributed by atoms with Crippen LogP contribution in [0.2, 0.25) is 0 Å². The van der Waals surface area contributed by atoms with Crippen molar-refractivity contribution in [2.75, 3.05) is 13.7 Å². The second-order valence-electron chi connectivity index (χ2n) is 6.69. The molecule has 0 unspecified atom stereocenters. The van der Waals surface area contributed by atoms with Crippen LogP contribution in [-0.4, -0.2) is 37.7 Å². The van der Waals surface area contributed by atoms with E-state index in [1.807, 2.05) is 0 Å². The summed E-state index contributed by atoms with van der Waals surface area (Å²) in [6.07, 6.45) is 7.98. The summed E-state index contributed by atoms with van der Waals surface area (Å²) in [7, 11) is 1.43. The van der Waals surface area contributed by atoms with Crippen molar-refractivity contribution in [2.45, 2.75) is 57.1 Å². The van der Waals surface area contributed by atoms with Gasteiger partial charge in [-0.1, -0.05) is 12.8 Å². The molecule has 3 fully saturated rings. The number of nitrogens with one attached hydrogen (secondary N) is 1. The summed E-state index contributed by atoms with van der Waals surface area (Å²) in [5, 5.41) is 3.03. The van der Waals surface area contributed by atoms with E-state index in [-0.39, 0.29) is 36.5 Å². The predicted molar refractivity (Wildman–Crippen MR) is 76.5 cm³/mol. The number of fused-ring (bicyclic) bond motifs is 2. The molecule has 0 spiro atoms. The molecule has 1 N–H and O–H groups in total. The number of amides is 1. The molecule has 3 rings (SSSR count). The summed E-state index contributed by atoms with van der Waals surface area (Å²) in [6.45, 7) is 0.118. The first-order valence-electron chi connectivity index (χ1n) is 8.18. The second-order valence-corrected chi connectivity index (χ2v) is 6.69. The lowest BCUT2D eigenvalue weighted by Gasteiger charge is -2.29. The lowest BCUT2D eigenvalue weighted by molar-refractivity contribution is -0.148. The highest BCUT2D eigenvalue weighted by Gasteiger charge is 2.51. The fourth-order valence-corrected chi connectivity index (χ4v) is 4.45. The first-order chi connectivity index (χ1) is 10.2. The van der Waals surface area contributed by atoms with Crippen LogP contribution in [0.4, 0.5) is 0 Å². The minimum absolute atomic E-state index is 0.0594. The predicted octanol–water partition coefficient (Wildman–Crippen LogP) is 1.65. The molecule has 0 aliphatic heterocycles. The van der Waals surface area contributed by atoms with Gasteiger partial charge in [0.1, 0.15) is 6.61 Å². The Hall–Kier alpha value is -1.10. The molecule has 1 amide bonds. The molecule has 5 heteroatoms. The summed E-state index contributed by atoms with van der Waals surface area (Å²) in [5.74, 6) is 0.375. The van der Waals surface area contributed by atoms with Gasteiger partial charge in [-0.3, -0.25) is 9.59 Å². The number of carbonyl (C=O) groups excluding carboxylic acids is 2. The molecule has 0 radical (unpaired) electrons. The van der Waals surface area contributed by atoms with Gasteiger partial charge in [0.15, 0.2) is 0 Å². The Morgan fingerprint density at radius 2 is 1.81 bits per heavy atom. The van der Waals surface area contributed by atoms with Crippen LogP contribution in [0.25, 0.3) is 0 Å². The molecule has 118 valence electrons. The maximum absolute atomic E-state index is 12.1. The fourth-order valence-electron chi connectivity index (χ4n) is 4.45. The molecule has 0 saturated heterocycles. The largest absolute Gasteiger partial charge is 0.469 e. The number of methoxy groups -OCH3 is 1. The van der Waals surface area contributed by atoms with Gasteiger partial charge >= 0.3 is 5.97 Å². The Bertz CT molecular complexity index is 405. The molecule has 0 aromatic carbocycles. The first kappa shape index (κ1) is 14.8. The molecular formula is C16H25NO4. The molecular weight excluding hydrogens is 270 g/mol. The van der Waals surface area contributed by atoms with Crippen LogP contribution in [-0.2, 0) is 19.1 Å². The molecule has 0 aromatic heterocycles. The van der Waals surface area contributed by atoms with E-state index in [9.17, 15) is 9.59 Å². The molecule has 21 heavy (non-hydrogen) atoms. The maximum Gasteiger partial charge on any atom is 0.311 e. The summed E-state index contributed by atoms with van der Waals surface area (Å²) in [6, 6.07) is -0.0594. The van der Waals surface area contributed by atoms with E-state index in [1.54, 1.807) is 0 Å². The number of esters is 1. The van der Waals surface area contributed by atoms with Crippen LogP contribution in [0, 0.1) is 17.8 Å². The van der Waals surface area contributed by atoms with Crippen LogP contribution >= 0.6 is 0 Å². The zero-order valence-corrected chi connectivity index (χ0v) is 12.7. The Balaban J connectivity index is 1.52. The van der Waals surface area contributed by atoms with Gasteiger partial charge in [0.25, 0.3) is 0 Å². The average molecular weight is 295 g/mol. The zero-order chi connectivity index (χ0) is 14.8. The monoisotopic (exact) mass is 295 g/mol. The van der Waals surface area contributed by atoms with Crippen molar-refractivity contribution in [3.63, 3.8) is 0 Å². The van der Waals surface area contributed by atoms with Gasteiger partial charge in [0.05, 0.1) is 19.1 Å². The van der Waals surface area contributed by atoms with Crippen LogP contribution in [0.1, 0.15) is 44.9 Å². The number of ether oxygens (including phenoxy) is 2. The summed E-state index contributed by atoms with van der Waals surface area (Å²) >= 11 is 0. The van der Waals surface area contributed by atoms with Crippen molar-refractivity contribution >= 4 is 11.9 Å².